The van der Waals surface area contributed by atoms with Crippen LogP contribution in [0, 0.1) is 19.8 Å². The van der Waals surface area contributed by atoms with Gasteiger partial charge >= 0.3 is 5.97 Å². The molecule has 0 saturated carbocycles. The molecule has 2 amide bonds. The van der Waals surface area contributed by atoms with Crippen LogP contribution in [0.4, 0.5) is 5.82 Å². The van der Waals surface area contributed by atoms with Crippen molar-refractivity contribution < 1.29 is 19.1 Å². The van der Waals surface area contributed by atoms with E-state index in [-0.39, 0.29) is 42.3 Å². The topological polar surface area (TPSA) is 106 Å². The van der Waals surface area contributed by atoms with Crippen LogP contribution in [-0.4, -0.2) is 56.6 Å². The van der Waals surface area contributed by atoms with Gasteiger partial charge in [-0.3, -0.25) is 9.59 Å². The van der Waals surface area contributed by atoms with Crippen LogP contribution >= 0.6 is 0 Å². The van der Waals surface area contributed by atoms with Gasteiger partial charge in [0.05, 0.1) is 24.2 Å². The highest BCUT2D eigenvalue weighted by Gasteiger charge is 2.36. The number of anilines is 1. The van der Waals surface area contributed by atoms with Crippen LogP contribution < -0.4 is 5.32 Å². The lowest BCUT2D eigenvalue weighted by molar-refractivity contribution is -0.129. The predicted octanol–water partition coefficient (Wildman–Crippen LogP) is 3.41. The van der Waals surface area contributed by atoms with Crippen molar-refractivity contribution in [3.05, 3.63) is 47.2 Å². The molecule has 4 rings (SSSR count). The molecule has 1 aliphatic heterocycles. The lowest BCUT2D eigenvalue weighted by Gasteiger charge is -2.20. The van der Waals surface area contributed by atoms with Crippen molar-refractivity contribution in [2.75, 3.05) is 18.5 Å². The second-order valence-electron chi connectivity index (χ2n) is 8.84. The highest BCUT2D eigenvalue weighted by Crippen LogP contribution is 2.27. The number of hydrogen-bond donors (Lipinski definition) is 1. The molecule has 9 heteroatoms. The highest BCUT2D eigenvalue weighted by molar-refractivity contribution is 6.02. The Morgan fingerprint density at radius 3 is 2.68 bits per heavy atom. The van der Waals surface area contributed by atoms with Crippen molar-refractivity contribution in [2.24, 2.45) is 5.92 Å². The maximum atomic E-state index is 13.2. The molecule has 178 valence electrons. The Morgan fingerprint density at radius 2 is 2.00 bits per heavy atom. The third kappa shape index (κ3) is 4.25. The number of carbonyl (C=O) groups is 3. The molecule has 0 spiro atoms. The molecule has 1 saturated heterocycles. The number of ether oxygens (including phenoxy) is 1. The van der Waals surface area contributed by atoms with E-state index in [9.17, 15) is 14.4 Å². The minimum atomic E-state index is -0.593. The normalized spacial score (nSPS) is 15.9. The van der Waals surface area contributed by atoms with Gasteiger partial charge in [-0.05, 0) is 51.8 Å². The Kier molecular flexibility index (Phi) is 6.37. The molecule has 34 heavy (non-hydrogen) atoms. The third-order valence-corrected chi connectivity index (χ3v) is 6.11. The summed E-state index contributed by atoms with van der Waals surface area (Å²) in [7, 11) is 0. The first kappa shape index (κ1) is 23.4. The van der Waals surface area contributed by atoms with Gasteiger partial charge in [0.1, 0.15) is 5.56 Å². The minimum absolute atomic E-state index is 0.0129. The number of likely N-dealkylation sites (tertiary alicyclic amines) is 1. The van der Waals surface area contributed by atoms with Crippen LogP contribution in [0.15, 0.2) is 30.5 Å². The number of pyridine rings is 1. The number of carbonyl (C=O) groups excluding carboxylic acids is 3. The monoisotopic (exact) mass is 463 g/mol. The molecule has 0 radical (unpaired) electrons. The molecule has 1 atom stereocenters. The number of hydrogen-bond acceptors (Lipinski definition) is 6. The zero-order valence-corrected chi connectivity index (χ0v) is 20.1. The summed E-state index contributed by atoms with van der Waals surface area (Å²) in [5.41, 5.74) is 2.94. The molecule has 1 fully saturated rings. The van der Waals surface area contributed by atoms with E-state index >= 15 is 0 Å². The van der Waals surface area contributed by atoms with Crippen LogP contribution in [0.3, 0.4) is 0 Å². The average molecular weight is 464 g/mol. The van der Waals surface area contributed by atoms with Gasteiger partial charge in [0.2, 0.25) is 11.8 Å². The number of amides is 2. The maximum Gasteiger partial charge on any atom is 0.343 e. The quantitative estimate of drug-likeness (QED) is 0.562. The second-order valence-corrected chi connectivity index (χ2v) is 8.84. The van der Waals surface area contributed by atoms with Gasteiger partial charge in [-0.15, -0.1) is 0 Å². The zero-order valence-electron chi connectivity index (χ0n) is 20.1. The molecule has 3 heterocycles. The van der Waals surface area contributed by atoms with E-state index in [1.807, 2.05) is 52.0 Å². The fourth-order valence-electron chi connectivity index (χ4n) is 4.28. The first-order valence-electron chi connectivity index (χ1n) is 11.4. The lowest BCUT2D eigenvalue weighted by atomic mass is 10.1. The number of fused-ring (bicyclic) bond motifs is 1. The molecule has 2 aromatic heterocycles. The van der Waals surface area contributed by atoms with Crippen LogP contribution in [0.25, 0.3) is 16.7 Å². The van der Waals surface area contributed by atoms with Crippen molar-refractivity contribution in [1.29, 1.82) is 0 Å². The standard InChI is InChI=1S/C25H29N5O4/c1-6-34-25(33)19-12-26-30(20-10-16(5)18-9-7-8-15(4)22(18)27-20)23(19)28-24(32)17-11-21(31)29(13-17)14(2)3/h7-10,12,14,17H,6,11,13H2,1-5H3,(H,28,32). The number of nitrogens with zero attached hydrogens (tertiary/aromatic N) is 4. The number of aromatic nitrogens is 3. The van der Waals surface area contributed by atoms with E-state index < -0.39 is 11.9 Å². The zero-order chi connectivity index (χ0) is 24.6. The summed E-state index contributed by atoms with van der Waals surface area (Å²) in [5, 5.41) is 8.23. The van der Waals surface area contributed by atoms with Gasteiger partial charge in [0, 0.05) is 24.4 Å². The van der Waals surface area contributed by atoms with E-state index in [2.05, 4.69) is 10.4 Å². The van der Waals surface area contributed by atoms with Crippen LogP contribution in [0.5, 0.6) is 0 Å². The Morgan fingerprint density at radius 1 is 1.24 bits per heavy atom. The molecule has 0 aliphatic carbocycles. The number of nitrogens with one attached hydrogen (secondary N) is 1. The molecule has 0 bridgehead atoms. The smallest absolute Gasteiger partial charge is 0.343 e. The average Bonchev–Trinajstić information content (AvgIpc) is 3.38. The molecule has 3 aromatic rings. The Bertz CT molecular complexity index is 1280. The summed E-state index contributed by atoms with van der Waals surface area (Å²) in [6.07, 6.45) is 1.49. The summed E-state index contributed by atoms with van der Waals surface area (Å²) in [5.74, 6) is -0.880. The number of para-hydroxylation sites is 1. The van der Waals surface area contributed by atoms with Crippen LogP contribution in [0.2, 0.25) is 0 Å². The van der Waals surface area contributed by atoms with Gasteiger partial charge < -0.3 is 15.0 Å². The van der Waals surface area contributed by atoms with E-state index in [0.29, 0.717) is 12.4 Å². The predicted molar refractivity (Wildman–Crippen MR) is 128 cm³/mol. The SMILES string of the molecule is CCOC(=O)c1cnn(-c2cc(C)c3cccc(C)c3n2)c1NC(=O)C1CC(=O)N(C(C)C)C1. The van der Waals surface area contributed by atoms with Crippen LogP contribution in [0.1, 0.15) is 48.7 Å². The van der Waals surface area contributed by atoms with E-state index in [4.69, 9.17) is 9.72 Å². The fourth-order valence-corrected chi connectivity index (χ4v) is 4.28. The lowest BCUT2D eigenvalue weighted by Crippen LogP contribution is -2.33. The van der Waals surface area contributed by atoms with Crippen molar-refractivity contribution >= 4 is 34.5 Å². The molecular weight excluding hydrogens is 434 g/mol. The first-order valence-corrected chi connectivity index (χ1v) is 11.4. The number of esters is 1. The number of rotatable bonds is 6. The Hall–Kier alpha value is -3.75. The first-order chi connectivity index (χ1) is 16.2. The molecule has 1 unspecified atom stereocenters. The summed E-state index contributed by atoms with van der Waals surface area (Å²) >= 11 is 0. The molecule has 1 N–H and O–H groups in total. The van der Waals surface area contributed by atoms with Gasteiger partial charge in [-0.2, -0.15) is 9.78 Å². The van der Waals surface area contributed by atoms with E-state index in [1.165, 1.54) is 10.9 Å². The molecule has 1 aliphatic rings. The Labute approximate surface area is 198 Å². The van der Waals surface area contributed by atoms with Crippen molar-refractivity contribution in [3.8, 4) is 5.82 Å². The second kappa shape index (κ2) is 9.24. The summed E-state index contributed by atoms with van der Waals surface area (Å²) < 4.78 is 6.62. The number of aryl methyl sites for hydroxylation is 2. The highest BCUT2D eigenvalue weighted by atomic mass is 16.5. The molecule has 9 nitrogen and oxygen atoms in total. The van der Waals surface area contributed by atoms with Crippen molar-refractivity contribution in [2.45, 2.75) is 47.1 Å². The number of benzene rings is 1. The fraction of sp³-hybridized carbons (Fsp3) is 0.400. The van der Waals surface area contributed by atoms with Gasteiger partial charge in [0.25, 0.3) is 0 Å². The van der Waals surface area contributed by atoms with Crippen molar-refractivity contribution in [3.63, 3.8) is 0 Å². The summed E-state index contributed by atoms with van der Waals surface area (Å²) in [6, 6.07) is 7.83. The molecule has 1 aromatic carbocycles. The van der Waals surface area contributed by atoms with Crippen molar-refractivity contribution in [1.82, 2.24) is 19.7 Å². The molecular formula is C25H29N5O4. The van der Waals surface area contributed by atoms with E-state index in [0.717, 1.165) is 22.0 Å². The summed E-state index contributed by atoms with van der Waals surface area (Å²) in [4.78, 5) is 44.6. The van der Waals surface area contributed by atoms with Gasteiger partial charge in [-0.25, -0.2) is 9.78 Å². The third-order valence-electron chi connectivity index (χ3n) is 6.11. The minimum Gasteiger partial charge on any atom is -0.462 e. The van der Waals surface area contributed by atoms with Gasteiger partial charge in [0.15, 0.2) is 11.6 Å². The maximum absolute atomic E-state index is 13.2. The Balaban J connectivity index is 1.75. The summed E-state index contributed by atoms with van der Waals surface area (Å²) in [6.45, 7) is 10.0. The van der Waals surface area contributed by atoms with E-state index in [1.54, 1.807) is 11.8 Å². The van der Waals surface area contributed by atoms with Gasteiger partial charge in [-0.1, -0.05) is 18.2 Å². The largest absolute Gasteiger partial charge is 0.462 e. The van der Waals surface area contributed by atoms with Crippen LogP contribution in [-0.2, 0) is 14.3 Å².